The smallest absolute Gasteiger partial charge is 0.156 e. The molecule has 0 saturated heterocycles. The van der Waals surface area contributed by atoms with Crippen LogP contribution in [0.2, 0.25) is 5.82 Å². The highest BCUT2D eigenvalue weighted by molar-refractivity contribution is 6.43. The third-order valence-electron chi connectivity index (χ3n) is 4.93. The van der Waals surface area contributed by atoms with Crippen LogP contribution in [-0.2, 0) is 0 Å². The number of fused-ring (bicyclic) bond motifs is 1. The second-order valence-electron chi connectivity index (χ2n) is 6.26. The van der Waals surface area contributed by atoms with Crippen molar-refractivity contribution in [1.29, 1.82) is 0 Å². The minimum atomic E-state index is 0.00612. The molecule has 0 amide bonds. The van der Waals surface area contributed by atoms with E-state index in [9.17, 15) is 0 Å². The molecule has 2 nitrogen and oxygen atoms in total. The lowest BCUT2D eigenvalue weighted by atomic mass is 9.46. The second-order valence-corrected chi connectivity index (χ2v) is 6.26. The Morgan fingerprint density at radius 1 is 1.09 bits per heavy atom. The van der Waals surface area contributed by atoms with E-state index in [4.69, 9.17) is 4.99 Å². The summed E-state index contributed by atoms with van der Waals surface area (Å²) in [4.78, 5) is 4.85. The van der Waals surface area contributed by atoms with Crippen LogP contribution < -0.4 is 5.32 Å². The van der Waals surface area contributed by atoms with Crippen LogP contribution in [0.5, 0.6) is 0 Å². The van der Waals surface area contributed by atoms with Crippen LogP contribution in [0, 0.1) is 0 Å². The van der Waals surface area contributed by atoms with Crippen molar-refractivity contribution in [2.45, 2.75) is 44.0 Å². The van der Waals surface area contributed by atoms with Gasteiger partial charge in [0.25, 0.3) is 0 Å². The Bertz CT molecular complexity index is 639. The SMILES string of the molecule is CCC1(CC)[B]C2C=CC=CC2N=CC(c2ccccc2)=CN1. The van der Waals surface area contributed by atoms with Gasteiger partial charge in [-0.2, -0.15) is 0 Å². The molecule has 1 aromatic rings. The van der Waals surface area contributed by atoms with E-state index < -0.39 is 0 Å². The van der Waals surface area contributed by atoms with Gasteiger partial charge in [0.1, 0.15) is 0 Å². The van der Waals surface area contributed by atoms with Gasteiger partial charge in [0.05, 0.1) is 6.04 Å². The monoisotopic (exact) mass is 303 g/mol. The second kappa shape index (κ2) is 7.03. The fourth-order valence-electron chi connectivity index (χ4n) is 3.24. The number of allylic oxidation sites excluding steroid dienone is 3. The average molecular weight is 303 g/mol. The first kappa shape index (κ1) is 15.9. The Labute approximate surface area is 140 Å². The summed E-state index contributed by atoms with van der Waals surface area (Å²) in [5.74, 6) is 0.340. The van der Waals surface area contributed by atoms with Crippen molar-refractivity contribution >= 4 is 19.1 Å². The van der Waals surface area contributed by atoms with Gasteiger partial charge in [0, 0.05) is 23.4 Å². The molecule has 1 heterocycles. The average Bonchev–Trinajstić information content (AvgIpc) is 2.70. The first-order valence-electron chi connectivity index (χ1n) is 8.54. The Hall–Kier alpha value is -2.03. The summed E-state index contributed by atoms with van der Waals surface area (Å²) in [6.45, 7) is 4.50. The van der Waals surface area contributed by atoms with Crippen LogP contribution in [0.3, 0.4) is 0 Å². The van der Waals surface area contributed by atoms with Gasteiger partial charge in [-0.1, -0.05) is 68.5 Å². The standard InChI is InChI=1S/C20H24BN2/c1-3-20(4-2)21-18-12-8-9-13-19(18)22-14-17(15-23-20)16-10-6-5-7-11-16/h5-15,18-19,23H,3-4H2,1-2H3. The van der Waals surface area contributed by atoms with Crippen LogP contribution in [0.15, 0.2) is 65.8 Å². The van der Waals surface area contributed by atoms with Gasteiger partial charge in [-0.25, -0.2) is 0 Å². The zero-order valence-corrected chi connectivity index (χ0v) is 13.9. The van der Waals surface area contributed by atoms with Gasteiger partial charge in [-0.05, 0) is 24.2 Å². The maximum atomic E-state index is 4.85. The van der Waals surface area contributed by atoms with Crippen molar-refractivity contribution in [3.05, 3.63) is 66.4 Å². The maximum absolute atomic E-state index is 4.85. The summed E-state index contributed by atoms with van der Waals surface area (Å²) < 4.78 is 0. The van der Waals surface area contributed by atoms with Gasteiger partial charge < -0.3 is 5.32 Å². The maximum Gasteiger partial charge on any atom is 0.156 e. The molecule has 1 N–H and O–H groups in total. The molecule has 2 atom stereocenters. The zero-order chi connectivity index (χ0) is 16.1. The van der Waals surface area contributed by atoms with Crippen molar-refractivity contribution < 1.29 is 0 Å². The summed E-state index contributed by atoms with van der Waals surface area (Å²) in [7, 11) is 2.44. The van der Waals surface area contributed by atoms with E-state index in [1.807, 2.05) is 12.3 Å². The fourth-order valence-corrected chi connectivity index (χ4v) is 3.24. The fraction of sp³-hybridized carbons (Fsp3) is 0.350. The van der Waals surface area contributed by atoms with E-state index in [2.05, 4.69) is 81.2 Å². The molecular weight excluding hydrogens is 279 g/mol. The number of rotatable bonds is 3. The van der Waals surface area contributed by atoms with Crippen molar-refractivity contribution in [3.8, 4) is 0 Å². The minimum absolute atomic E-state index is 0.00612. The largest absolute Gasteiger partial charge is 0.393 e. The van der Waals surface area contributed by atoms with Gasteiger partial charge in [-0.3, -0.25) is 4.99 Å². The van der Waals surface area contributed by atoms with Crippen LogP contribution in [0.25, 0.3) is 5.57 Å². The molecule has 23 heavy (non-hydrogen) atoms. The minimum Gasteiger partial charge on any atom is -0.393 e. The third kappa shape index (κ3) is 3.49. The van der Waals surface area contributed by atoms with Gasteiger partial charge in [-0.15, -0.1) is 0 Å². The van der Waals surface area contributed by atoms with Crippen LogP contribution >= 0.6 is 0 Å². The molecule has 3 heteroatoms. The number of benzene rings is 1. The number of nitrogens with one attached hydrogen (secondary N) is 1. The summed E-state index contributed by atoms with van der Waals surface area (Å²) in [6.07, 6.45) is 15.0. The highest BCUT2D eigenvalue weighted by atomic mass is 14.9. The molecule has 1 aliphatic heterocycles. The van der Waals surface area contributed by atoms with Gasteiger partial charge >= 0.3 is 0 Å². The molecule has 0 spiro atoms. The van der Waals surface area contributed by atoms with Crippen molar-refractivity contribution in [2.75, 3.05) is 0 Å². The number of nitrogens with zero attached hydrogens (tertiary/aromatic N) is 1. The van der Waals surface area contributed by atoms with E-state index in [0.717, 1.165) is 18.4 Å². The number of hydrogen-bond acceptors (Lipinski definition) is 2. The molecule has 117 valence electrons. The molecule has 1 aromatic carbocycles. The molecule has 1 radical (unpaired) electrons. The molecule has 2 aliphatic rings. The van der Waals surface area contributed by atoms with Crippen molar-refractivity contribution in [3.63, 3.8) is 0 Å². The lowest BCUT2D eigenvalue weighted by Crippen LogP contribution is -2.49. The van der Waals surface area contributed by atoms with Crippen molar-refractivity contribution in [1.82, 2.24) is 5.32 Å². The highest BCUT2D eigenvalue weighted by Gasteiger charge is 2.33. The Morgan fingerprint density at radius 3 is 2.57 bits per heavy atom. The molecule has 0 saturated carbocycles. The van der Waals surface area contributed by atoms with Crippen molar-refractivity contribution in [2.24, 2.45) is 4.99 Å². The molecule has 2 unspecified atom stereocenters. The summed E-state index contributed by atoms with van der Waals surface area (Å²) in [5, 5.41) is 3.69. The first-order valence-corrected chi connectivity index (χ1v) is 8.54. The molecular formula is C20H24BN2. The predicted molar refractivity (Wildman–Crippen MR) is 101 cm³/mol. The molecule has 0 fully saturated rings. The van der Waals surface area contributed by atoms with E-state index in [1.54, 1.807) is 0 Å². The van der Waals surface area contributed by atoms with Crippen LogP contribution in [-0.4, -0.2) is 25.0 Å². The van der Waals surface area contributed by atoms with E-state index in [1.165, 1.54) is 5.56 Å². The Morgan fingerprint density at radius 2 is 1.83 bits per heavy atom. The summed E-state index contributed by atoms with van der Waals surface area (Å²) in [5.41, 5.74) is 2.33. The van der Waals surface area contributed by atoms with E-state index in [-0.39, 0.29) is 11.5 Å². The summed E-state index contributed by atoms with van der Waals surface area (Å²) in [6, 6.07) is 10.6. The Kier molecular flexibility index (Phi) is 4.85. The lowest BCUT2D eigenvalue weighted by Gasteiger charge is -2.36. The van der Waals surface area contributed by atoms with Crippen LogP contribution in [0.1, 0.15) is 32.3 Å². The molecule has 1 aliphatic carbocycles. The van der Waals surface area contributed by atoms with Gasteiger partial charge in [0.15, 0.2) is 7.28 Å². The topological polar surface area (TPSA) is 24.4 Å². The molecule has 3 rings (SSSR count). The quantitative estimate of drug-likeness (QED) is 0.831. The number of aliphatic imine (C=N–C) groups is 1. The predicted octanol–water partition coefficient (Wildman–Crippen LogP) is 4.21. The first-order chi connectivity index (χ1) is 11.3. The third-order valence-corrected chi connectivity index (χ3v) is 4.93. The molecule has 0 bridgehead atoms. The zero-order valence-electron chi connectivity index (χ0n) is 13.9. The van der Waals surface area contributed by atoms with E-state index >= 15 is 0 Å². The number of hydrogen-bond donors (Lipinski definition) is 1. The summed E-state index contributed by atoms with van der Waals surface area (Å²) >= 11 is 0. The van der Waals surface area contributed by atoms with E-state index in [0.29, 0.717) is 5.82 Å². The highest BCUT2D eigenvalue weighted by Crippen LogP contribution is 2.29. The molecule has 0 aromatic heterocycles. The Balaban J connectivity index is 2.00. The van der Waals surface area contributed by atoms with Gasteiger partial charge in [0.2, 0.25) is 0 Å². The normalized spacial score (nSPS) is 25.2. The van der Waals surface area contributed by atoms with Crippen LogP contribution in [0.4, 0.5) is 0 Å². The lowest BCUT2D eigenvalue weighted by molar-refractivity contribution is 0.471.